The van der Waals surface area contributed by atoms with Crippen LogP contribution in [-0.2, 0) is 4.79 Å². The molecule has 7 heteroatoms. The van der Waals surface area contributed by atoms with Crippen LogP contribution in [0.15, 0.2) is 18.2 Å². The van der Waals surface area contributed by atoms with Crippen LogP contribution in [0.25, 0.3) is 11.0 Å². The SMILES string of the molecule is CC1(C(=O)NC2CC3CCCC(C2)N3C(=O)c2ccc3nsnc3c2)CC1. The number of piperidine rings is 2. The van der Waals surface area contributed by atoms with E-state index in [2.05, 4.69) is 19.0 Å². The van der Waals surface area contributed by atoms with E-state index in [1.807, 2.05) is 25.1 Å². The first-order valence-electron chi connectivity index (χ1n) is 9.89. The lowest BCUT2D eigenvalue weighted by atomic mass is 9.81. The first-order chi connectivity index (χ1) is 13.0. The number of carbonyl (C=O) groups excluding carboxylic acids is 2. The van der Waals surface area contributed by atoms with Gasteiger partial charge in [-0.05, 0) is 63.1 Å². The van der Waals surface area contributed by atoms with Gasteiger partial charge < -0.3 is 10.2 Å². The summed E-state index contributed by atoms with van der Waals surface area (Å²) in [7, 11) is 0. The van der Waals surface area contributed by atoms with Gasteiger partial charge in [0.05, 0.1) is 11.7 Å². The van der Waals surface area contributed by atoms with Gasteiger partial charge >= 0.3 is 0 Å². The molecular weight excluding hydrogens is 360 g/mol. The van der Waals surface area contributed by atoms with Gasteiger partial charge in [-0.3, -0.25) is 9.59 Å². The molecule has 2 aromatic rings. The average molecular weight is 385 g/mol. The zero-order valence-corrected chi connectivity index (χ0v) is 16.3. The normalized spacial score (nSPS) is 28.8. The standard InChI is InChI=1S/C20H24N4O2S/c1-20(7-8-20)19(26)21-13-10-14-3-2-4-15(11-13)24(14)18(25)12-5-6-16-17(9-12)23-27-22-16/h5-6,9,13-15H,2-4,7-8,10-11H2,1H3,(H,21,26). The molecule has 1 aromatic carbocycles. The number of fused-ring (bicyclic) bond motifs is 3. The molecule has 2 amide bonds. The Labute approximate surface area is 162 Å². The minimum absolute atomic E-state index is 0.0959. The van der Waals surface area contributed by atoms with Crippen molar-refractivity contribution in [1.29, 1.82) is 0 Å². The van der Waals surface area contributed by atoms with Gasteiger partial charge in [0.15, 0.2) is 0 Å². The van der Waals surface area contributed by atoms with Crippen LogP contribution >= 0.6 is 11.7 Å². The van der Waals surface area contributed by atoms with Crippen LogP contribution < -0.4 is 5.32 Å². The van der Waals surface area contributed by atoms with E-state index in [4.69, 9.17) is 0 Å². The molecule has 2 saturated heterocycles. The lowest BCUT2D eigenvalue weighted by Crippen LogP contribution is -2.59. The quantitative estimate of drug-likeness (QED) is 0.882. The van der Waals surface area contributed by atoms with Crippen LogP contribution in [0, 0.1) is 5.41 Å². The summed E-state index contributed by atoms with van der Waals surface area (Å²) in [6, 6.07) is 6.23. The van der Waals surface area contributed by atoms with Gasteiger partial charge in [-0.25, -0.2) is 0 Å². The summed E-state index contributed by atoms with van der Waals surface area (Å²) in [5.74, 6) is 0.297. The van der Waals surface area contributed by atoms with E-state index in [-0.39, 0.29) is 35.4 Å². The van der Waals surface area contributed by atoms with Crippen LogP contribution in [0.1, 0.15) is 62.2 Å². The fourth-order valence-corrected chi connectivity index (χ4v) is 5.19. The van der Waals surface area contributed by atoms with E-state index in [9.17, 15) is 9.59 Å². The number of benzene rings is 1. The molecule has 1 N–H and O–H groups in total. The Kier molecular flexibility index (Phi) is 3.96. The number of nitrogens with one attached hydrogen (secondary N) is 1. The van der Waals surface area contributed by atoms with Crippen molar-refractivity contribution >= 4 is 34.6 Å². The van der Waals surface area contributed by atoms with Gasteiger partial charge in [-0.15, -0.1) is 0 Å². The largest absolute Gasteiger partial charge is 0.353 e. The maximum absolute atomic E-state index is 13.3. The Hall–Kier alpha value is -2.02. The molecule has 0 radical (unpaired) electrons. The topological polar surface area (TPSA) is 75.2 Å². The number of nitrogens with zero attached hydrogens (tertiary/aromatic N) is 3. The summed E-state index contributed by atoms with van der Waals surface area (Å²) in [5.41, 5.74) is 2.18. The highest BCUT2D eigenvalue weighted by atomic mass is 32.1. The fourth-order valence-electron chi connectivity index (χ4n) is 4.67. The molecule has 3 fully saturated rings. The van der Waals surface area contributed by atoms with Gasteiger partial charge in [-0.1, -0.05) is 6.92 Å². The van der Waals surface area contributed by atoms with Crippen LogP contribution in [0.3, 0.4) is 0 Å². The van der Waals surface area contributed by atoms with Crippen molar-refractivity contribution in [3.8, 4) is 0 Å². The number of rotatable bonds is 3. The number of hydrogen-bond donors (Lipinski definition) is 1. The molecule has 3 heterocycles. The summed E-state index contributed by atoms with van der Waals surface area (Å²) in [4.78, 5) is 27.8. The summed E-state index contributed by atoms with van der Waals surface area (Å²) >= 11 is 1.17. The summed E-state index contributed by atoms with van der Waals surface area (Å²) < 4.78 is 8.48. The van der Waals surface area contributed by atoms with E-state index >= 15 is 0 Å². The average Bonchev–Trinajstić information content (AvgIpc) is 3.23. The second kappa shape index (κ2) is 6.26. The predicted molar refractivity (Wildman–Crippen MR) is 104 cm³/mol. The predicted octanol–water partition coefficient (Wildman–Crippen LogP) is 3.13. The lowest BCUT2D eigenvalue weighted by Gasteiger charge is -2.49. The number of carbonyl (C=O) groups is 2. The minimum Gasteiger partial charge on any atom is -0.353 e. The third-order valence-electron chi connectivity index (χ3n) is 6.59. The number of amides is 2. The maximum atomic E-state index is 13.3. The monoisotopic (exact) mass is 384 g/mol. The minimum atomic E-state index is -0.140. The molecule has 0 spiro atoms. The third-order valence-corrected chi connectivity index (χ3v) is 7.15. The highest BCUT2D eigenvalue weighted by Gasteiger charge is 2.47. The second-order valence-electron chi connectivity index (χ2n) is 8.62. The Balaban J connectivity index is 1.34. The Morgan fingerprint density at radius 2 is 1.85 bits per heavy atom. The van der Waals surface area contributed by atoms with Crippen molar-refractivity contribution in [3.63, 3.8) is 0 Å². The number of aromatic nitrogens is 2. The van der Waals surface area contributed by atoms with E-state index in [0.29, 0.717) is 5.56 Å². The molecule has 2 bridgehead atoms. The van der Waals surface area contributed by atoms with Crippen molar-refractivity contribution in [2.24, 2.45) is 5.41 Å². The lowest BCUT2D eigenvalue weighted by molar-refractivity contribution is -0.127. The van der Waals surface area contributed by atoms with Crippen molar-refractivity contribution in [2.75, 3.05) is 0 Å². The Bertz CT molecular complexity index is 892. The fraction of sp³-hybridized carbons (Fsp3) is 0.600. The molecule has 2 atom stereocenters. The van der Waals surface area contributed by atoms with E-state index in [1.54, 1.807) is 0 Å². The van der Waals surface area contributed by atoms with Gasteiger partial charge in [-0.2, -0.15) is 8.75 Å². The van der Waals surface area contributed by atoms with Gasteiger partial charge in [0, 0.05) is 29.1 Å². The molecule has 6 nitrogen and oxygen atoms in total. The number of hydrogen-bond acceptors (Lipinski definition) is 5. The molecule has 2 aliphatic heterocycles. The molecule has 5 rings (SSSR count). The molecular formula is C20H24N4O2S. The van der Waals surface area contributed by atoms with Gasteiger partial charge in [0.25, 0.3) is 5.91 Å². The highest BCUT2D eigenvalue weighted by molar-refractivity contribution is 7.00. The molecule has 1 aromatic heterocycles. The first-order valence-corrected chi connectivity index (χ1v) is 10.6. The first kappa shape index (κ1) is 17.1. The van der Waals surface area contributed by atoms with Crippen molar-refractivity contribution in [3.05, 3.63) is 23.8 Å². The Morgan fingerprint density at radius 1 is 1.15 bits per heavy atom. The second-order valence-corrected chi connectivity index (χ2v) is 9.15. The summed E-state index contributed by atoms with van der Waals surface area (Å²) in [6.45, 7) is 2.05. The zero-order valence-electron chi connectivity index (χ0n) is 15.5. The maximum Gasteiger partial charge on any atom is 0.254 e. The zero-order chi connectivity index (χ0) is 18.6. The molecule has 142 valence electrons. The van der Waals surface area contributed by atoms with E-state index in [1.165, 1.54) is 11.7 Å². The van der Waals surface area contributed by atoms with Crippen molar-refractivity contribution in [1.82, 2.24) is 19.0 Å². The van der Waals surface area contributed by atoms with Crippen molar-refractivity contribution in [2.45, 2.75) is 70.0 Å². The van der Waals surface area contributed by atoms with Crippen molar-refractivity contribution < 1.29 is 9.59 Å². The molecule has 3 aliphatic rings. The van der Waals surface area contributed by atoms with Gasteiger partial charge in [0.2, 0.25) is 5.91 Å². The van der Waals surface area contributed by atoms with E-state index < -0.39 is 0 Å². The highest BCUT2D eigenvalue weighted by Crippen LogP contribution is 2.45. The van der Waals surface area contributed by atoms with Crippen LogP contribution in [0.5, 0.6) is 0 Å². The van der Waals surface area contributed by atoms with Crippen LogP contribution in [0.4, 0.5) is 0 Å². The Morgan fingerprint density at radius 3 is 2.56 bits per heavy atom. The molecule has 2 unspecified atom stereocenters. The van der Waals surface area contributed by atoms with E-state index in [0.717, 1.165) is 56.0 Å². The van der Waals surface area contributed by atoms with Crippen LogP contribution in [0.2, 0.25) is 0 Å². The summed E-state index contributed by atoms with van der Waals surface area (Å²) in [5, 5.41) is 3.28. The van der Waals surface area contributed by atoms with Crippen LogP contribution in [-0.4, -0.2) is 43.6 Å². The molecule has 27 heavy (non-hydrogen) atoms. The smallest absolute Gasteiger partial charge is 0.254 e. The molecule has 1 aliphatic carbocycles. The summed E-state index contributed by atoms with van der Waals surface area (Å²) in [6.07, 6.45) is 6.92. The molecule has 1 saturated carbocycles. The van der Waals surface area contributed by atoms with Gasteiger partial charge in [0.1, 0.15) is 11.0 Å². The third kappa shape index (κ3) is 3.02.